The van der Waals surface area contributed by atoms with E-state index in [0.717, 1.165) is 11.1 Å². The molecule has 3 aromatic rings. The summed E-state index contributed by atoms with van der Waals surface area (Å²) in [6.45, 7) is 7.87. The van der Waals surface area contributed by atoms with E-state index in [-0.39, 0.29) is 29.1 Å². The Morgan fingerprint density at radius 1 is 1.03 bits per heavy atom. The van der Waals surface area contributed by atoms with Gasteiger partial charge in [-0.3, -0.25) is 4.79 Å². The lowest BCUT2D eigenvalue weighted by atomic mass is 9.87. The molecular formula is C27H27ClO5. The van der Waals surface area contributed by atoms with E-state index >= 15 is 0 Å². The summed E-state index contributed by atoms with van der Waals surface area (Å²) < 4.78 is 5.92. The Labute approximate surface area is 198 Å². The first-order chi connectivity index (χ1) is 15.5. The van der Waals surface area contributed by atoms with Crippen molar-refractivity contribution in [3.63, 3.8) is 0 Å². The number of hydrogen-bond donors (Lipinski definition) is 2. The maximum Gasteiger partial charge on any atom is 0.335 e. The summed E-state index contributed by atoms with van der Waals surface area (Å²) in [5, 5.41) is 20.3. The number of aromatic hydroxyl groups is 1. The molecular weight excluding hydrogens is 440 g/mol. The number of phenols is 1. The predicted molar refractivity (Wildman–Crippen MR) is 129 cm³/mol. The van der Waals surface area contributed by atoms with Crippen LogP contribution in [0.1, 0.15) is 59.0 Å². The average molecular weight is 467 g/mol. The third-order valence-electron chi connectivity index (χ3n) is 5.22. The lowest BCUT2D eigenvalue weighted by molar-refractivity contribution is 0.0696. The molecule has 0 atom stereocenters. The van der Waals surface area contributed by atoms with Crippen molar-refractivity contribution in [1.29, 1.82) is 0 Å². The second-order valence-corrected chi connectivity index (χ2v) is 9.64. The van der Waals surface area contributed by atoms with Gasteiger partial charge in [-0.05, 0) is 59.9 Å². The van der Waals surface area contributed by atoms with Crippen LogP contribution in [-0.4, -0.2) is 22.0 Å². The maximum atomic E-state index is 12.5. The number of carboxylic acids is 1. The van der Waals surface area contributed by atoms with Crippen molar-refractivity contribution >= 4 is 23.4 Å². The smallest absolute Gasteiger partial charge is 0.335 e. The Balaban J connectivity index is 1.80. The molecule has 0 aromatic heterocycles. The highest BCUT2D eigenvalue weighted by Gasteiger charge is 2.21. The first kappa shape index (κ1) is 24.3. The summed E-state index contributed by atoms with van der Waals surface area (Å²) in [6.07, 6.45) is 0.332. The van der Waals surface area contributed by atoms with Gasteiger partial charge < -0.3 is 14.9 Å². The standard InChI is InChI=1S/C27H27ClO5/c1-16-24(11-9-20(25(16)30)23(29)14-27(2,3)4)33-15-17-6-5-7-18(12-17)21-13-19(26(31)32)8-10-22(21)28/h5-13,30H,14-15H2,1-4H3,(H,31,32). The van der Waals surface area contributed by atoms with Crippen LogP contribution in [0.4, 0.5) is 0 Å². The molecule has 0 saturated carbocycles. The molecule has 0 saturated heterocycles. The minimum absolute atomic E-state index is 0.0623. The summed E-state index contributed by atoms with van der Waals surface area (Å²) in [7, 11) is 0. The van der Waals surface area contributed by atoms with Crippen LogP contribution in [0, 0.1) is 12.3 Å². The van der Waals surface area contributed by atoms with Gasteiger partial charge >= 0.3 is 5.97 Å². The fourth-order valence-electron chi connectivity index (χ4n) is 3.51. The summed E-state index contributed by atoms with van der Waals surface area (Å²) in [4.78, 5) is 23.9. The van der Waals surface area contributed by atoms with Gasteiger partial charge in [-0.15, -0.1) is 0 Å². The number of phenolic OH excluding ortho intramolecular Hbond substituents is 1. The van der Waals surface area contributed by atoms with Gasteiger partial charge in [0, 0.05) is 22.6 Å². The van der Waals surface area contributed by atoms with Crippen LogP contribution in [-0.2, 0) is 6.61 Å². The normalized spacial score (nSPS) is 11.3. The molecule has 0 heterocycles. The number of carbonyl (C=O) groups excluding carboxylic acids is 1. The minimum Gasteiger partial charge on any atom is -0.507 e. The zero-order valence-electron chi connectivity index (χ0n) is 19.1. The molecule has 0 amide bonds. The molecule has 0 aliphatic heterocycles. The van der Waals surface area contributed by atoms with Gasteiger partial charge in [0.2, 0.25) is 0 Å². The van der Waals surface area contributed by atoms with Crippen molar-refractivity contribution in [3.05, 3.63) is 81.9 Å². The van der Waals surface area contributed by atoms with Crippen molar-refractivity contribution in [2.45, 2.75) is 40.7 Å². The van der Waals surface area contributed by atoms with Crippen LogP contribution < -0.4 is 4.74 Å². The highest BCUT2D eigenvalue weighted by Crippen LogP contribution is 2.34. The molecule has 0 radical (unpaired) electrons. The zero-order valence-corrected chi connectivity index (χ0v) is 19.9. The molecule has 3 rings (SSSR count). The first-order valence-corrected chi connectivity index (χ1v) is 10.9. The SMILES string of the molecule is Cc1c(OCc2cccc(-c3cc(C(=O)O)ccc3Cl)c2)ccc(C(=O)CC(C)(C)C)c1O. The summed E-state index contributed by atoms with van der Waals surface area (Å²) >= 11 is 6.30. The highest BCUT2D eigenvalue weighted by molar-refractivity contribution is 6.33. The van der Waals surface area contributed by atoms with E-state index in [9.17, 15) is 19.8 Å². The minimum atomic E-state index is -1.02. The largest absolute Gasteiger partial charge is 0.507 e. The topological polar surface area (TPSA) is 83.8 Å². The summed E-state index contributed by atoms with van der Waals surface area (Å²) in [5.41, 5.74) is 3.01. The van der Waals surface area contributed by atoms with E-state index in [1.165, 1.54) is 6.07 Å². The van der Waals surface area contributed by atoms with Gasteiger partial charge in [0.1, 0.15) is 18.1 Å². The molecule has 172 valence electrons. The number of ether oxygens (including phenoxy) is 1. The van der Waals surface area contributed by atoms with Crippen molar-refractivity contribution < 1.29 is 24.5 Å². The van der Waals surface area contributed by atoms with Gasteiger partial charge in [0.15, 0.2) is 5.78 Å². The molecule has 0 bridgehead atoms. The third kappa shape index (κ3) is 5.93. The quantitative estimate of drug-likeness (QED) is 0.369. The van der Waals surface area contributed by atoms with Crippen molar-refractivity contribution in [2.24, 2.45) is 5.41 Å². The molecule has 0 spiro atoms. The average Bonchev–Trinajstić information content (AvgIpc) is 2.74. The Kier molecular flexibility index (Phi) is 7.13. The molecule has 0 fully saturated rings. The number of carboxylic acid groups (broad SMARTS) is 1. The predicted octanol–water partition coefficient (Wildman–Crippen LogP) is 6.92. The number of rotatable bonds is 7. The van der Waals surface area contributed by atoms with Gasteiger partial charge in [0.25, 0.3) is 0 Å². The third-order valence-corrected chi connectivity index (χ3v) is 5.55. The number of aromatic carboxylic acids is 1. The summed E-state index contributed by atoms with van der Waals surface area (Å²) in [6, 6.07) is 15.3. The first-order valence-electron chi connectivity index (χ1n) is 10.6. The molecule has 33 heavy (non-hydrogen) atoms. The number of ketones is 1. The highest BCUT2D eigenvalue weighted by atomic mass is 35.5. The Bertz CT molecular complexity index is 1210. The fraction of sp³-hybridized carbons (Fsp3) is 0.259. The van der Waals surface area contributed by atoms with Crippen molar-refractivity contribution in [1.82, 2.24) is 0 Å². The lowest BCUT2D eigenvalue weighted by Gasteiger charge is -2.18. The van der Waals surface area contributed by atoms with Crippen molar-refractivity contribution in [3.8, 4) is 22.6 Å². The Morgan fingerprint density at radius 3 is 2.42 bits per heavy atom. The van der Waals surface area contributed by atoms with E-state index in [0.29, 0.717) is 33.9 Å². The monoisotopic (exact) mass is 466 g/mol. The number of halogens is 1. The molecule has 6 heteroatoms. The molecule has 5 nitrogen and oxygen atoms in total. The van der Waals surface area contributed by atoms with Gasteiger partial charge in [-0.1, -0.05) is 50.6 Å². The fourth-order valence-corrected chi connectivity index (χ4v) is 3.74. The van der Waals surface area contributed by atoms with Crippen LogP contribution in [0.2, 0.25) is 5.02 Å². The molecule has 0 unspecified atom stereocenters. The van der Waals surface area contributed by atoms with E-state index in [1.807, 2.05) is 45.0 Å². The van der Waals surface area contributed by atoms with Crippen LogP contribution in [0.3, 0.4) is 0 Å². The number of Topliss-reactive ketones (excluding diaryl/α,β-unsaturated/α-hetero) is 1. The Hall–Kier alpha value is -3.31. The van der Waals surface area contributed by atoms with E-state index in [2.05, 4.69) is 0 Å². The zero-order chi connectivity index (χ0) is 24.3. The Morgan fingerprint density at radius 2 is 1.76 bits per heavy atom. The van der Waals surface area contributed by atoms with Crippen molar-refractivity contribution in [2.75, 3.05) is 0 Å². The number of hydrogen-bond acceptors (Lipinski definition) is 4. The van der Waals surface area contributed by atoms with E-state index in [1.54, 1.807) is 31.2 Å². The second-order valence-electron chi connectivity index (χ2n) is 9.23. The van der Waals surface area contributed by atoms with Gasteiger partial charge in [-0.2, -0.15) is 0 Å². The lowest BCUT2D eigenvalue weighted by Crippen LogP contribution is -2.13. The van der Waals surface area contributed by atoms with Crippen LogP contribution >= 0.6 is 11.6 Å². The number of carbonyl (C=O) groups is 2. The second kappa shape index (κ2) is 9.67. The van der Waals surface area contributed by atoms with Crippen LogP contribution in [0.25, 0.3) is 11.1 Å². The van der Waals surface area contributed by atoms with Gasteiger partial charge in [0.05, 0.1) is 11.1 Å². The molecule has 0 aliphatic carbocycles. The molecule has 0 aliphatic rings. The van der Waals surface area contributed by atoms with E-state index < -0.39 is 5.97 Å². The van der Waals surface area contributed by atoms with Gasteiger partial charge in [-0.25, -0.2) is 4.79 Å². The molecule has 3 aromatic carbocycles. The van der Waals surface area contributed by atoms with E-state index in [4.69, 9.17) is 16.3 Å². The molecule has 2 N–H and O–H groups in total. The number of benzene rings is 3. The van der Waals surface area contributed by atoms with Crippen LogP contribution in [0.5, 0.6) is 11.5 Å². The van der Waals surface area contributed by atoms with Crippen LogP contribution in [0.15, 0.2) is 54.6 Å². The summed E-state index contributed by atoms with van der Waals surface area (Å²) in [5.74, 6) is -0.709. The maximum absolute atomic E-state index is 12.5.